The molecular formula is C16H25ClN2O2. The van der Waals surface area contributed by atoms with Crippen molar-refractivity contribution in [2.24, 2.45) is 11.8 Å². The average molecular weight is 313 g/mol. The zero-order valence-electron chi connectivity index (χ0n) is 12.7. The molecule has 0 saturated carbocycles. The first-order chi connectivity index (χ1) is 9.66. The van der Waals surface area contributed by atoms with Crippen LogP contribution >= 0.6 is 12.4 Å². The molecule has 0 bridgehead atoms. The van der Waals surface area contributed by atoms with Gasteiger partial charge in [0.2, 0.25) is 5.91 Å². The SMILES string of the molecule is CC(COCc1ccccc1)NC(=O)C(C)C1CNC1.Cl. The molecule has 0 radical (unpaired) electrons. The van der Waals surface area contributed by atoms with Crippen molar-refractivity contribution in [2.75, 3.05) is 19.7 Å². The van der Waals surface area contributed by atoms with Crippen LogP contribution in [0.5, 0.6) is 0 Å². The maximum absolute atomic E-state index is 12.0. The fourth-order valence-corrected chi connectivity index (χ4v) is 2.22. The molecule has 4 nitrogen and oxygen atoms in total. The molecule has 0 spiro atoms. The van der Waals surface area contributed by atoms with Crippen LogP contribution in [0.3, 0.4) is 0 Å². The summed E-state index contributed by atoms with van der Waals surface area (Å²) in [5.41, 5.74) is 1.15. The number of carbonyl (C=O) groups excluding carboxylic acids is 1. The number of nitrogens with one attached hydrogen (secondary N) is 2. The van der Waals surface area contributed by atoms with Gasteiger partial charge in [-0.15, -0.1) is 12.4 Å². The highest BCUT2D eigenvalue weighted by Gasteiger charge is 2.29. The summed E-state index contributed by atoms with van der Waals surface area (Å²) in [5, 5.41) is 6.22. The number of hydrogen-bond donors (Lipinski definition) is 2. The minimum Gasteiger partial charge on any atom is -0.375 e. The minimum atomic E-state index is 0. The molecule has 1 saturated heterocycles. The molecule has 1 fully saturated rings. The lowest BCUT2D eigenvalue weighted by Crippen LogP contribution is -2.51. The zero-order chi connectivity index (χ0) is 14.4. The Kier molecular flexibility index (Phi) is 7.72. The van der Waals surface area contributed by atoms with Crippen LogP contribution in [-0.4, -0.2) is 31.6 Å². The van der Waals surface area contributed by atoms with Crippen LogP contribution in [0.2, 0.25) is 0 Å². The fourth-order valence-electron chi connectivity index (χ4n) is 2.22. The largest absolute Gasteiger partial charge is 0.375 e. The van der Waals surface area contributed by atoms with Gasteiger partial charge in [-0.25, -0.2) is 0 Å². The standard InChI is InChI=1S/C16H24N2O2.ClH/c1-12(10-20-11-14-6-4-3-5-7-14)18-16(19)13(2)15-8-17-9-15;/h3-7,12-13,15,17H,8-11H2,1-2H3,(H,18,19);1H. The van der Waals surface area contributed by atoms with Gasteiger partial charge in [-0.3, -0.25) is 4.79 Å². The zero-order valence-corrected chi connectivity index (χ0v) is 13.5. The van der Waals surface area contributed by atoms with Crippen LogP contribution in [0.15, 0.2) is 30.3 Å². The van der Waals surface area contributed by atoms with E-state index in [0.29, 0.717) is 19.1 Å². The van der Waals surface area contributed by atoms with Gasteiger partial charge < -0.3 is 15.4 Å². The lowest BCUT2D eigenvalue weighted by molar-refractivity contribution is -0.127. The number of carbonyl (C=O) groups is 1. The Labute approximate surface area is 133 Å². The first-order valence-electron chi connectivity index (χ1n) is 7.29. The molecule has 0 aliphatic carbocycles. The van der Waals surface area contributed by atoms with Crippen molar-refractivity contribution < 1.29 is 9.53 Å². The smallest absolute Gasteiger partial charge is 0.223 e. The Morgan fingerprint density at radius 1 is 1.33 bits per heavy atom. The van der Waals surface area contributed by atoms with E-state index in [1.807, 2.05) is 44.2 Å². The van der Waals surface area contributed by atoms with E-state index in [1.54, 1.807) is 0 Å². The van der Waals surface area contributed by atoms with E-state index < -0.39 is 0 Å². The summed E-state index contributed by atoms with van der Waals surface area (Å²) in [5.74, 6) is 0.688. The topological polar surface area (TPSA) is 50.4 Å². The Bertz CT molecular complexity index is 424. The molecule has 1 aliphatic heterocycles. The second-order valence-corrected chi connectivity index (χ2v) is 5.62. The van der Waals surface area contributed by atoms with Crippen LogP contribution in [0.1, 0.15) is 19.4 Å². The molecule has 2 rings (SSSR count). The molecule has 1 aromatic rings. The molecule has 5 heteroatoms. The molecule has 1 amide bonds. The Morgan fingerprint density at radius 2 is 2.00 bits per heavy atom. The highest BCUT2D eigenvalue weighted by molar-refractivity contribution is 5.85. The number of ether oxygens (including phenoxy) is 1. The maximum atomic E-state index is 12.0. The van der Waals surface area contributed by atoms with Crippen molar-refractivity contribution in [2.45, 2.75) is 26.5 Å². The second-order valence-electron chi connectivity index (χ2n) is 5.62. The fraction of sp³-hybridized carbons (Fsp3) is 0.562. The van der Waals surface area contributed by atoms with E-state index in [-0.39, 0.29) is 30.3 Å². The van der Waals surface area contributed by atoms with Gasteiger partial charge in [0.1, 0.15) is 0 Å². The number of amides is 1. The summed E-state index contributed by atoms with van der Waals surface area (Å²) in [6.45, 7) is 7.01. The number of rotatable bonds is 7. The van der Waals surface area contributed by atoms with E-state index in [9.17, 15) is 4.79 Å². The van der Waals surface area contributed by atoms with Crippen molar-refractivity contribution in [1.29, 1.82) is 0 Å². The van der Waals surface area contributed by atoms with Gasteiger partial charge >= 0.3 is 0 Å². The summed E-state index contributed by atoms with van der Waals surface area (Å²) in [4.78, 5) is 12.0. The van der Waals surface area contributed by atoms with Gasteiger partial charge in [0.25, 0.3) is 0 Å². The van der Waals surface area contributed by atoms with Gasteiger partial charge in [-0.2, -0.15) is 0 Å². The Morgan fingerprint density at radius 3 is 2.57 bits per heavy atom. The Balaban J connectivity index is 0.00000220. The first kappa shape index (κ1) is 18.0. The van der Waals surface area contributed by atoms with Crippen molar-refractivity contribution in [3.05, 3.63) is 35.9 Å². The van der Waals surface area contributed by atoms with Gasteiger partial charge in [0, 0.05) is 12.0 Å². The molecule has 2 N–H and O–H groups in total. The van der Waals surface area contributed by atoms with Crippen LogP contribution in [0.25, 0.3) is 0 Å². The number of hydrogen-bond acceptors (Lipinski definition) is 3. The predicted octanol–water partition coefficient (Wildman–Crippen LogP) is 1.99. The summed E-state index contributed by atoms with van der Waals surface area (Å²) >= 11 is 0. The van der Waals surface area contributed by atoms with E-state index in [0.717, 1.165) is 18.7 Å². The van der Waals surface area contributed by atoms with Crippen LogP contribution in [0.4, 0.5) is 0 Å². The number of halogens is 1. The predicted molar refractivity (Wildman–Crippen MR) is 86.5 cm³/mol. The lowest BCUT2D eigenvalue weighted by atomic mass is 9.88. The third-order valence-electron chi connectivity index (χ3n) is 3.80. The van der Waals surface area contributed by atoms with E-state index in [2.05, 4.69) is 10.6 Å². The first-order valence-corrected chi connectivity index (χ1v) is 7.29. The van der Waals surface area contributed by atoms with Gasteiger partial charge in [-0.1, -0.05) is 37.3 Å². The van der Waals surface area contributed by atoms with Crippen molar-refractivity contribution in [3.63, 3.8) is 0 Å². The quantitative estimate of drug-likeness (QED) is 0.809. The average Bonchev–Trinajstić information content (AvgIpc) is 2.37. The molecule has 21 heavy (non-hydrogen) atoms. The number of benzene rings is 1. The molecule has 2 unspecified atom stereocenters. The Hall–Kier alpha value is -1.10. The molecule has 2 atom stereocenters. The molecule has 118 valence electrons. The third kappa shape index (κ3) is 5.65. The highest BCUT2D eigenvalue weighted by atomic mass is 35.5. The van der Waals surface area contributed by atoms with Gasteiger partial charge in [0.15, 0.2) is 0 Å². The van der Waals surface area contributed by atoms with Gasteiger partial charge in [-0.05, 0) is 31.5 Å². The molecular weight excluding hydrogens is 288 g/mol. The highest BCUT2D eigenvalue weighted by Crippen LogP contribution is 2.15. The van der Waals surface area contributed by atoms with Crippen LogP contribution < -0.4 is 10.6 Å². The molecule has 1 aromatic carbocycles. The lowest BCUT2D eigenvalue weighted by Gasteiger charge is -2.32. The molecule has 1 aliphatic rings. The summed E-state index contributed by atoms with van der Waals surface area (Å²) in [6, 6.07) is 10.1. The second kappa shape index (κ2) is 9.03. The third-order valence-corrected chi connectivity index (χ3v) is 3.80. The summed E-state index contributed by atoms with van der Waals surface area (Å²) < 4.78 is 5.64. The monoisotopic (exact) mass is 312 g/mol. The van der Waals surface area contributed by atoms with Crippen molar-refractivity contribution in [1.82, 2.24) is 10.6 Å². The van der Waals surface area contributed by atoms with E-state index >= 15 is 0 Å². The minimum absolute atomic E-state index is 0. The summed E-state index contributed by atoms with van der Waals surface area (Å²) in [7, 11) is 0. The van der Waals surface area contributed by atoms with E-state index in [1.165, 1.54) is 0 Å². The van der Waals surface area contributed by atoms with Crippen molar-refractivity contribution >= 4 is 18.3 Å². The maximum Gasteiger partial charge on any atom is 0.223 e. The van der Waals surface area contributed by atoms with Crippen LogP contribution in [0, 0.1) is 11.8 Å². The summed E-state index contributed by atoms with van der Waals surface area (Å²) in [6.07, 6.45) is 0. The van der Waals surface area contributed by atoms with Crippen LogP contribution in [-0.2, 0) is 16.1 Å². The molecule has 1 heterocycles. The van der Waals surface area contributed by atoms with E-state index in [4.69, 9.17) is 4.74 Å². The van der Waals surface area contributed by atoms with Crippen molar-refractivity contribution in [3.8, 4) is 0 Å². The van der Waals surface area contributed by atoms with Gasteiger partial charge in [0.05, 0.1) is 13.2 Å². The normalized spacial score (nSPS) is 17.2. The molecule has 0 aromatic heterocycles.